The first kappa shape index (κ1) is 84.2. The molecule has 10 heteroatoms. The summed E-state index contributed by atoms with van der Waals surface area (Å²) >= 11 is 0. The third kappa shape index (κ3) is 66.6. The predicted octanol–water partition coefficient (Wildman–Crippen LogP) is 23.2. The maximum atomic E-state index is 13.6. The van der Waals surface area contributed by atoms with Crippen LogP contribution < -0.4 is 5.32 Å². The largest absolute Gasteiger partial charge is 0.472 e. The van der Waals surface area contributed by atoms with Crippen LogP contribution in [0.1, 0.15) is 297 Å². The number of carbonyl (C=O) groups is 2. The molecule has 0 spiro atoms. The lowest BCUT2D eigenvalue weighted by molar-refractivity contribution is -0.870. The maximum absolute atomic E-state index is 13.6. The molecule has 88 heavy (non-hydrogen) atoms. The van der Waals surface area contributed by atoms with E-state index in [1.165, 1.54) is 116 Å². The Labute approximate surface area is 543 Å². The summed E-state index contributed by atoms with van der Waals surface area (Å²) in [4.78, 5) is 37.9. The molecule has 1 amide bonds. The van der Waals surface area contributed by atoms with E-state index in [4.69, 9.17) is 13.8 Å². The van der Waals surface area contributed by atoms with Crippen molar-refractivity contribution < 1.29 is 37.3 Å². The molecular formula is C78H136N2O7P+. The van der Waals surface area contributed by atoms with E-state index < -0.39 is 20.0 Å². The Balaban J connectivity index is 5.10. The Hall–Kier alpha value is -3.85. The van der Waals surface area contributed by atoms with E-state index in [0.29, 0.717) is 17.4 Å². The Morgan fingerprint density at radius 3 is 1.09 bits per heavy atom. The molecule has 0 saturated heterocycles. The van der Waals surface area contributed by atoms with Crippen molar-refractivity contribution in [1.29, 1.82) is 0 Å². The summed E-state index contributed by atoms with van der Waals surface area (Å²) < 4.78 is 30.8. The minimum atomic E-state index is -4.47. The summed E-state index contributed by atoms with van der Waals surface area (Å²) in [5.41, 5.74) is 0. The second-order valence-electron chi connectivity index (χ2n) is 25.0. The molecular weight excluding hydrogens is 1110 g/mol. The van der Waals surface area contributed by atoms with Crippen LogP contribution in [0.15, 0.2) is 134 Å². The molecule has 0 aromatic carbocycles. The van der Waals surface area contributed by atoms with Gasteiger partial charge in [0.2, 0.25) is 5.91 Å². The standard InChI is InChI=1S/C78H135N2O7P/c1-7-10-13-16-19-22-25-28-30-32-34-36-38-40-42-44-46-48-50-52-55-58-61-64-67-70-77(81)79-75(74-86-88(83,84)85-73-72-80(4,5)6)76(69-66-63-60-57-54-27-24-21-18-15-12-9-3)87-78(82)71-68-65-62-59-56-53-51-49-47-45-43-41-39-37-35-33-31-29-26-23-20-17-14-11-8-2/h10-11,13-14,19-20,22-23,28-31,34-37,40-43,66,69,75-76H,7-9,12,15-18,21,24-27,32-33,38-39,44-65,67-68,70-74H2,1-6H3,(H-,79,81,83,84)/p+1/b13-10-,14-11-,22-19-,23-20-,30-28-,31-29-,36-34-,37-35-,42-40-,43-41-,69-66+. The van der Waals surface area contributed by atoms with E-state index in [-0.39, 0.29) is 31.5 Å². The van der Waals surface area contributed by atoms with Gasteiger partial charge in [-0.2, -0.15) is 0 Å². The number of hydrogen-bond donors (Lipinski definition) is 2. The zero-order valence-electron chi connectivity index (χ0n) is 57.7. The monoisotopic (exact) mass is 1240 g/mol. The summed E-state index contributed by atoms with van der Waals surface area (Å²) in [7, 11) is 1.47. The molecule has 0 aliphatic carbocycles. The van der Waals surface area contributed by atoms with Gasteiger partial charge in [-0.3, -0.25) is 18.6 Å². The summed E-state index contributed by atoms with van der Waals surface area (Å²) in [6, 6.07) is -0.865. The van der Waals surface area contributed by atoms with Crippen molar-refractivity contribution in [1.82, 2.24) is 5.32 Å². The molecule has 0 aliphatic rings. The van der Waals surface area contributed by atoms with Gasteiger partial charge in [-0.1, -0.05) is 296 Å². The van der Waals surface area contributed by atoms with Crippen LogP contribution in [0.5, 0.6) is 0 Å². The van der Waals surface area contributed by atoms with E-state index >= 15 is 0 Å². The van der Waals surface area contributed by atoms with Crippen LogP contribution in [-0.2, 0) is 27.9 Å². The van der Waals surface area contributed by atoms with Crippen molar-refractivity contribution in [3.8, 4) is 0 Å². The maximum Gasteiger partial charge on any atom is 0.472 e. The summed E-state index contributed by atoms with van der Waals surface area (Å²) in [6.45, 7) is 6.78. The highest BCUT2D eigenvalue weighted by molar-refractivity contribution is 7.47. The molecule has 3 unspecified atom stereocenters. The number of nitrogens with one attached hydrogen (secondary N) is 1. The molecule has 3 atom stereocenters. The fourth-order valence-corrected chi connectivity index (χ4v) is 10.6. The van der Waals surface area contributed by atoms with Gasteiger partial charge in [-0.15, -0.1) is 0 Å². The molecule has 0 heterocycles. The Kier molecular flexibility index (Phi) is 63.2. The number of nitrogens with zero attached hydrogens (tertiary/aromatic N) is 1. The van der Waals surface area contributed by atoms with Crippen molar-refractivity contribution in [3.05, 3.63) is 134 Å². The number of rotatable bonds is 64. The molecule has 504 valence electrons. The second kappa shape index (κ2) is 66.1. The number of carbonyl (C=O) groups excluding carboxylic acids is 2. The molecule has 9 nitrogen and oxygen atoms in total. The number of phosphoric acid groups is 1. The van der Waals surface area contributed by atoms with Gasteiger partial charge < -0.3 is 19.4 Å². The number of amides is 1. The number of unbranched alkanes of at least 4 members (excludes halogenated alkanes) is 28. The number of quaternary nitrogens is 1. The van der Waals surface area contributed by atoms with Gasteiger partial charge in [-0.25, -0.2) is 4.57 Å². The molecule has 0 radical (unpaired) electrons. The number of hydrogen-bond acceptors (Lipinski definition) is 6. The summed E-state index contributed by atoms with van der Waals surface area (Å²) in [6.07, 6.45) is 94.6. The minimum absolute atomic E-state index is 0.0315. The van der Waals surface area contributed by atoms with E-state index in [1.54, 1.807) is 0 Å². The van der Waals surface area contributed by atoms with Crippen LogP contribution in [0.25, 0.3) is 0 Å². The lowest BCUT2D eigenvalue weighted by Crippen LogP contribution is -2.47. The molecule has 0 aliphatic heterocycles. The van der Waals surface area contributed by atoms with Crippen LogP contribution in [0.2, 0.25) is 0 Å². The van der Waals surface area contributed by atoms with E-state index in [0.717, 1.165) is 148 Å². The second-order valence-corrected chi connectivity index (χ2v) is 26.4. The average Bonchev–Trinajstić information content (AvgIpc) is 3.71. The smallest absolute Gasteiger partial charge is 0.456 e. The van der Waals surface area contributed by atoms with Gasteiger partial charge in [0.05, 0.1) is 33.8 Å². The van der Waals surface area contributed by atoms with Crippen molar-refractivity contribution in [2.45, 2.75) is 309 Å². The topological polar surface area (TPSA) is 111 Å². The van der Waals surface area contributed by atoms with Crippen LogP contribution in [0.4, 0.5) is 0 Å². The number of esters is 1. The third-order valence-electron chi connectivity index (χ3n) is 15.3. The first-order chi connectivity index (χ1) is 42.9. The van der Waals surface area contributed by atoms with E-state index in [2.05, 4.69) is 148 Å². The third-order valence-corrected chi connectivity index (χ3v) is 16.3. The first-order valence-electron chi connectivity index (χ1n) is 36.0. The average molecular weight is 1240 g/mol. The lowest BCUT2D eigenvalue weighted by Gasteiger charge is -2.27. The van der Waals surface area contributed by atoms with Crippen molar-refractivity contribution >= 4 is 19.7 Å². The zero-order valence-corrected chi connectivity index (χ0v) is 58.6. The first-order valence-corrected chi connectivity index (χ1v) is 37.5. The highest BCUT2D eigenvalue weighted by Crippen LogP contribution is 2.43. The van der Waals surface area contributed by atoms with Gasteiger partial charge in [0, 0.05) is 12.8 Å². The SMILES string of the molecule is CC/C=C\C/C=C\C/C=C\C/C=C\C/C=C\CCCCCCCCCCCC(=O)NC(COP(=O)(O)OCC[N+](C)(C)C)C(/C=C/CCCCCCCCCCCC)OC(=O)CCCCCCCCCCC/C=C\C/C=C\C/C=C\C/C=C\C/C=C\CC. The Morgan fingerprint density at radius 1 is 0.409 bits per heavy atom. The van der Waals surface area contributed by atoms with Crippen LogP contribution in [0, 0.1) is 0 Å². The molecule has 0 bridgehead atoms. The van der Waals surface area contributed by atoms with Gasteiger partial charge in [-0.05, 0) is 122 Å². The van der Waals surface area contributed by atoms with Crippen molar-refractivity contribution in [2.75, 3.05) is 40.9 Å². The number of allylic oxidation sites excluding steroid dienone is 21. The number of phosphoric ester groups is 1. The number of ether oxygens (including phenoxy) is 1. The fraction of sp³-hybridized carbons (Fsp3) is 0.692. The van der Waals surface area contributed by atoms with Crippen LogP contribution in [0.3, 0.4) is 0 Å². The highest BCUT2D eigenvalue weighted by Gasteiger charge is 2.30. The van der Waals surface area contributed by atoms with Gasteiger partial charge in [0.1, 0.15) is 19.3 Å². The van der Waals surface area contributed by atoms with Crippen LogP contribution in [-0.4, -0.2) is 74.3 Å². The summed E-state index contributed by atoms with van der Waals surface area (Å²) in [5.74, 6) is -0.522. The molecule has 2 N–H and O–H groups in total. The van der Waals surface area contributed by atoms with Crippen molar-refractivity contribution in [3.63, 3.8) is 0 Å². The molecule has 0 rings (SSSR count). The number of likely N-dealkylation sites (N-methyl/N-ethyl adjacent to an activating group) is 1. The molecule has 0 aromatic heterocycles. The van der Waals surface area contributed by atoms with Gasteiger partial charge in [0.25, 0.3) is 0 Å². The Morgan fingerprint density at radius 2 is 0.727 bits per heavy atom. The van der Waals surface area contributed by atoms with E-state index in [9.17, 15) is 19.0 Å². The Bertz CT molecular complexity index is 1970. The molecule has 0 fully saturated rings. The zero-order chi connectivity index (χ0) is 64.2. The fourth-order valence-electron chi connectivity index (χ4n) is 9.88. The molecule has 0 aromatic rings. The van der Waals surface area contributed by atoms with Gasteiger partial charge in [0.15, 0.2) is 0 Å². The molecule has 0 saturated carbocycles. The predicted molar refractivity (Wildman–Crippen MR) is 383 cm³/mol. The van der Waals surface area contributed by atoms with Crippen LogP contribution >= 0.6 is 7.82 Å². The highest BCUT2D eigenvalue weighted by atomic mass is 31.2. The quantitative estimate of drug-likeness (QED) is 0.0205. The normalized spacial score (nSPS) is 14.3. The van der Waals surface area contributed by atoms with Gasteiger partial charge >= 0.3 is 13.8 Å². The lowest BCUT2D eigenvalue weighted by atomic mass is 10.0. The minimum Gasteiger partial charge on any atom is -0.456 e. The van der Waals surface area contributed by atoms with Crippen molar-refractivity contribution in [2.24, 2.45) is 0 Å². The van der Waals surface area contributed by atoms with E-state index in [1.807, 2.05) is 33.3 Å². The summed E-state index contributed by atoms with van der Waals surface area (Å²) in [5, 5.41) is 3.07.